The number of benzene rings is 1. The van der Waals surface area contributed by atoms with E-state index in [2.05, 4.69) is 32.5 Å². The van der Waals surface area contributed by atoms with E-state index in [0.717, 1.165) is 66.9 Å². The largest absolute Gasteiger partial charge is 0.388 e. The van der Waals surface area contributed by atoms with E-state index in [4.69, 9.17) is 27.9 Å². The van der Waals surface area contributed by atoms with E-state index in [9.17, 15) is 4.79 Å². The molecule has 1 N–H and O–H groups in total. The maximum absolute atomic E-state index is 10.7. The highest BCUT2D eigenvalue weighted by Gasteiger charge is 2.18. The van der Waals surface area contributed by atoms with Gasteiger partial charge in [-0.3, -0.25) is 4.79 Å². The van der Waals surface area contributed by atoms with Crippen LogP contribution in [-0.2, 0) is 4.74 Å². The molecule has 0 bridgehead atoms. The lowest BCUT2D eigenvalue weighted by atomic mass is 10.2. The number of halogens is 2. The van der Waals surface area contributed by atoms with Gasteiger partial charge in [-0.1, -0.05) is 23.2 Å². The van der Waals surface area contributed by atoms with Crippen LogP contribution < -0.4 is 14.5 Å². The van der Waals surface area contributed by atoms with Crippen LogP contribution in [0, 0.1) is 0 Å². The van der Waals surface area contributed by atoms with Crippen molar-refractivity contribution in [2.45, 2.75) is 19.4 Å². The van der Waals surface area contributed by atoms with E-state index < -0.39 is 0 Å². The number of pyridine rings is 1. The molecule has 1 unspecified atom stereocenters. The molecule has 0 spiro atoms. The molecule has 9 heteroatoms. The summed E-state index contributed by atoms with van der Waals surface area (Å²) < 4.78 is 7.61. The van der Waals surface area contributed by atoms with Crippen molar-refractivity contribution in [3.8, 4) is 0 Å². The topological polar surface area (TPSA) is 57.7 Å². The second kappa shape index (κ2) is 11.1. The van der Waals surface area contributed by atoms with E-state index in [0.29, 0.717) is 10.6 Å². The monoisotopic (exact) mass is 468 g/mol. The molecule has 2 aromatic rings. The van der Waals surface area contributed by atoms with Crippen LogP contribution in [0.3, 0.4) is 0 Å². The number of hydrogen-bond donors (Lipinski definition) is 1. The molecule has 30 heavy (non-hydrogen) atoms. The first kappa shape index (κ1) is 23.0. The van der Waals surface area contributed by atoms with Crippen LogP contribution in [0.1, 0.15) is 23.7 Å². The number of ether oxygens (including phenoxy) is 1. The average Bonchev–Trinajstić information content (AvgIpc) is 3.29. The molecule has 2 fully saturated rings. The van der Waals surface area contributed by atoms with Crippen molar-refractivity contribution < 1.29 is 9.53 Å². The summed E-state index contributed by atoms with van der Waals surface area (Å²) >= 11 is 13.6. The normalized spacial score (nSPS) is 18.6. The molecule has 4 rings (SSSR count). The number of aromatic nitrogens is 1. The molecule has 0 amide bonds. The van der Waals surface area contributed by atoms with E-state index in [-0.39, 0.29) is 6.10 Å². The summed E-state index contributed by atoms with van der Waals surface area (Å²) in [5.74, 6) is 1.93. The summed E-state index contributed by atoms with van der Waals surface area (Å²) in [7, 11) is 1.90. The summed E-state index contributed by atoms with van der Waals surface area (Å²) in [5, 5.41) is 4.29. The van der Waals surface area contributed by atoms with E-state index in [1.807, 2.05) is 19.2 Å². The highest BCUT2D eigenvalue weighted by molar-refractivity contribution is 8.00. The van der Waals surface area contributed by atoms with E-state index >= 15 is 0 Å². The molecule has 2 aliphatic rings. The lowest BCUT2D eigenvalue weighted by Crippen LogP contribution is -2.41. The first-order chi connectivity index (χ1) is 14.5. The van der Waals surface area contributed by atoms with Gasteiger partial charge in [0, 0.05) is 60.6 Å². The zero-order valence-corrected chi connectivity index (χ0v) is 19.4. The number of hydrogen-bond acceptors (Lipinski definition) is 7. The van der Waals surface area contributed by atoms with Crippen LogP contribution in [-0.4, -0.2) is 56.4 Å². The lowest BCUT2D eigenvalue weighted by Gasteiger charge is -2.33. The summed E-state index contributed by atoms with van der Waals surface area (Å²) in [6, 6.07) is 7.77. The number of carbonyl (C=O) groups is 1. The van der Waals surface area contributed by atoms with Gasteiger partial charge in [-0.05, 0) is 49.6 Å². The third-order valence-corrected chi connectivity index (χ3v) is 6.47. The SMILES string of the molecule is CNc1cc(Cl)cc(N2CCOC(C)C2)c1.O=Cc1cc(N2CCCS2)ncc1Cl. The molecular weight excluding hydrogens is 443 g/mol. The first-order valence-corrected chi connectivity index (χ1v) is 11.6. The number of nitrogens with one attached hydrogen (secondary N) is 1. The summed E-state index contributed by atoms with van der Waals surface area (Å²) in [4.78, 5) is 17.1. The molecule has 0 aliphatic carbocycles. The van der Waals surface area contributed by atoms with Crippen LogP contribution in [0.25, 0.3) is 0 Å². The Kier molecular flexibility index (Phi) is 8.50. The summed E-state index contributed by atoms with van der Waals surface area (Å²) in [5.41, 5.74) is 2.71. The Bertz CT molecular complexity index is 865. The lowest BCUT2D eigenvalue weighted by molar-refractivity contribution is 0.0532. The summed E-state index contributed by atoms with van der Waals surface area (Å²) in [6.07, 6.45) is 3.73. The number of carbonyl (C=O) groups excluding carboxylic acids is 1. The Morgan fingerprint density at radius 3 is 2.77 bits per heavy atom. The Balaban J connectivity index is 0.000000172. The molecule has 1 aromatic carbocycles. The van der Waals surface area contributed by atoms with Crippen LogP contribution in [0.4, 0.5) is 17.2 Å². The molecule has 6 nitrogen and oxygen atoms in total. The van der Waals surface area contributed by atoms with Gasteiger partial charge in [-0.25, -0.2) is 4.98 Å². The van der Waals surface area contributed by atoms with E-state index in [1.165, 1.54) is 6.20 Å². The second-order valence-electron chi connectivity index (χ2n) is 7.05. The Morgan fingerprint density at radius 2 is 2.10 bits per heavy atom. The first-order valence-electron chi connectivity index (χ1n) is 9.86. The third kappa shape index (κ3) is 6.17. The predicted octanol–water partition coefficient (Wildman–Crippen LogP) is 5.01. The molecule has 0 saturated carbocycles. The molecule has 1 atom stereocenters. The molecule has 2 aliphatic heterocycles. The van der Waals surface area contributed by atoms with Crippen molar-refractivity contribution in [2.75, 3.05) is 53.6 Å². The molecule has 162 valence electrons. The second-order valence-corrected chi connectivity index (χ2v) is 9.00. The van der Waals surface area contributed by atoms with Crippen molar-refractivity contribution in [3.05, 3.63) is 46.1 Å². The fraction of sp³-hybridized carbons (Fsp3) is 0.429. The summed E-state index contributed by atoms with van der Waals surface area (Å²) in [6.45, 7) is 5.70. The highest BCUT2D eigenvalue weighted by atomic mass is 35.5. The van der Waals surface area contributed by atoms with Gasteiger partial charge in [-0.2, -0.15) is 0 Å². The molecular formula is C21H26Cl2N4O2S. The van der Waals surface area contributed by atoms with Crippen molar-refractivity contribution >= 4 is 58.6 Å². The predicted molar refractivity (Wildman–Crippen MR) is 128 cm³/mol. The van der Waals surface area contributed by atoms with Crippen LogP contribution in [0.15, 0.2) is 30.5 Å². The zero-order chi connectivity index (χ0) is 21.5. The Labute approximate surface area is 192 Å². The number of anilines is 3. The van der Waals surface area contributed by atoms with E-state index in [1.54, 1.807) is 18.0 Å². The molecule has 3 heterocycles. The van der Waals surface area contributed by atoms with Gasteiger partial charge in [0.25, 0.3) is 0 Å². The van der Waals surface area contributed by atoms with Crippen LogP contribution in [0.5, 0.6) is 0 Å². The Morgan fingerprint density at radius 1 is 1.27 bits per heavy atom. The smallest absolute Gasteiger partial charge is 0.151 e. The van der Waals surface area contributed by atoms with Crippen molar-refractivity contribution in [1.82, 2.24) is 4.98 Å². The standard InChI is InChI=1S/C12H17ClN2O.C9H9ClN2OS/c1-9-8-15(3-4-16-9)12-6-10(13)5-11(7-12)14-2;10-8-5-11-9(4-7(8)6-13)12-2-1-3-14-12/h5-7,9,14H,3-4,8H2,1-2H3;4-6H,1-3H2. The van der Waals surface area contributed by atoms with Gasteiger partial charge in [-0.15, -0.1) is 0 Å². The molecule has 1 aromatic heterocycles. The van der Waals surface area contributed by atoms with Crippen molar-refractivity contribution in [1.29, 1.82) is 0 Å². The van der Waals surface area contributed by atoms with Crippen molar-refractivity contribution in [3.63, 3.8) is 0 Å². The average molecular weight is 469 g/mol. The third-order valence-electron chi connectivity index (χ3n) is 4.78. The minimum Gasteiger partial charge on any atom is -0.388 e. The zero-order valence-electron chi connectivity index (χ0n) is 17.1. The maximum atomic E-state index is 10.7. The highest BCUT2D eigenvalue weighted by Crippen LogP contribution is 2.29. The molecule has 0 radical (unpaired) electrons. The number of aldehydes is 1. The number of nitrogens with zero attached hydrogens (tertiary/aromatic N) is 3. The van der Waals surface area contributed by atoms with Gasteiger partial charge in [0.2, 0.25) is 0 Å². The van der Waals surface area contributed by atoms with Gasteiger partial charge in [0.15, 0.2) is 6.29 Å². The minimum absolute atomic E-state index is 0.283. The number of rotatable bonds is 4. The maximum Gasteiger partial charge on any atom is 0.151 e. The van der Waals surface area contributed by atoms with Gasteiger partial charge >= 0.3 is 0 Å². The van der Waals surface area contributed by atoms with Crippen molar-refractivity contribution in [2.24, 2.45) is 0 Å². The van der Waals surface area contributed by atoms with Gasteiger partial charge < -0.3 is 19.3 Å². The van der Waals surface area contributed by atoms with Gasteiger partial charge in [0.1, 0.15) is 5.82 Å². The Hall–Kier alpha value is -1.67. The van der Waals surface area contributed by atoms with Crippen LogP contribution in [0.2, 0.25) is 10.0 Å². The molecule has 2 saturated heterocycles. The minimum atomic E-state index is 0.283. The fourth-order valence-corrected chi connectivity index (χ4v) is 4.60. The fourth-order valence-electron chi connectivity index (χ4n) is 3.25. The van der Waals surface area contributed by atoms with Crippen LogP contribution >= 0.6 is 35.1 Å². The number of morpholine rings is 1. The van der Waals surface area contributed by atoms with Gasteiger partial charge in [0.05, 0.1) is 17.7 Å². The quantitative estimate of drug-likeness (QED) is 0.499.